The molecule has 106 valence electrons. The first-order valence-electron chi connectivity index (χ1n) is 6.02. The van der Waals surface area contributed by atoms with Crippen LogP contribution in [0.5, 0.6) is 0 Å². The molecule has 0 atom stereocenters. The van der Waals surface area contributed by atoms with E-state index in [1.165, 1.54) is 14.2 Å². The lowest BCUT2D eigenvalue weighted by Crippen LogP contribution is -2.24. The van der Waals surface area contributed by atoms with Crippen molar-refractivity contribution in [1.29, 1.82) is 0 Å². The Labute approximate surface area is 112 Å². The lowest BCUT2D eigenvalue weighted by Gasteiger charge is -2.21. The standard InChI is InChI=1S/C12H19N3O4/c1-6-14(7-2)10-8(3)15(12(17)19-5)13-9(10)11(16)18-4/h6-7H2,1-5H3. The summed E-state index contributed by atoms with van der Waals surface area (Å²) in [6, 6.07) is 0. The maximum atomic E-state index is 11.8. The van der Waals surface area contributed by atoms with Crippen LogP contribution in [-0.2, 0) is 9.47 Å². The minimum absolute atomic E-state index is 0.120. The minimum Gasteiger partial charge on any atom is -0.464 e. The summed E-state index contributed by atoms with van der Waals surface area (Å²) in [5, 5.41) is 3.99. The molecule has 0 aromatic carbocycles. The van der Waals surface area contributed by atoms with Crippen LogP contribution in [0, 0.1) is 6.92 Å². The van der Waals surface area contributed by atoms with Crippen molar-refractivity contribution in [2.45, 2.75) is 20.8 Å². The number of carbonyl (C=O) groups excluding carboxylic acids is 2. The highest BCUT2D eigenvalue weighted by Crippen LogP contribution is 2.25. The van der Waals surface area contributed by atoms with E-state index >= 15 is 0 Å². The normalized spacial score (nSPS) is 10.2. The third kappa shape index (κ3) is 2.69. The second kappa shape index (κ2) is 6.21. The average molecular weight is 269 g/mol. The van der Waals surface area contributed by atoms with Crippen molar-refractivity contribution in [3.63, 3.8) is 0 Å². The highest BCUT2D eigenvalue weighted by Gasteiger charge is 2.27. The van der Waals surface area contributed by atoms with E-state index < -0.39 is 12.1 Å². The molecule has 0 amide bonds. The Bertz CT molecular complexity index is 478. The Morgan fingerprint density at radius 1 is 1.21 bits per heavy atom. The van der Waals surface area contributed by atoms with Gasteiger partial charge in [0.25, 0.3) is 0 Å². The fourth-order valence-corrected chi connectivity index (χ4v) is 1.91. The van der Waals surface area contributed by atoms with E-state index in [0.29, 0.717) is 24.5 Å². The van der Waals surface area contributed by atoms with Gasteiger partial charge < -0.3 is 14.4 Å². The molecule has 0 bridgehead atoms. The van der Waals surface area contributed by atoms with Crippen molar-refractivity contribution in [2.24, 2.45) is 0 Å². The summed E-state index contributed by atoms with van der Waals surface area (Å²) in [5.74, 6) is -0.576. The summed E-state index contributed by atoms with van der Waals surface area (Å²) >= 11 is 0. The molecule has 0 fully saturated rings. The van der Waals surface area contributed by atoms with Crippen molar-refractivity contribution in [2.75, 3.05) is 32.2 Å². The van der Waals surface area contributed by atoms with Gasteiger partial charge in [-0.3, -0.25) is 0 Å². The predicted octanol–water partition coefficient (Wildman–Crippen LogP) is 1.44. The fraction of sp³-hybridized carbons (Fsp3) is 0.583. The molecule has 1 heterocycles. The third-order valence-electron chi connectivity index (χ3n) is 2.89. The summed E-state index contributed by atoms with van der Waals surface area (Å²) in [5.41, 5.74) is 1.27. The monoisotopic (exact) mass is 269 g/mol. The van der Waals surface area contributed by atoms with Gasteiger partial charge in [-0.25, -0.2) is 9.59 Å². The molecular formula is C12H19N3O4. The molecule has 0 aliphatic carbocycles. The number of rotatable bonds is 4. The number of hydrogen-bond donors (Lipinski definition) is 0. The smallest absolute Gasteiger partial charge is 0.434 e. The molecule has 0 saturated carbocycles. The van der Waals surface area contributed by atoms with E-state index in [1.807, 2.05) is 18.7 Å². The lowest BCUT2D eigenvalue weighted by molar-refractivity contribution is 0.0594. The van der Waals surface area contributed by atoms with Gasteiger partial charge in [-0.2, -0.15) is 9.78 Å². The second-order valence-corrected chi connectivity index (χ2v) is 3.83. The molecule has 1 aromatic heterocycles. The first-order chi connectivity index (χ1) is 9.01. The number of ether oxygens (including phenoxy) is 2. The molecule has 0 aliphatic rings. The van der Waals surface area contributed by atoms with Gasteiger partial charge in [-0.15, -0.1) is 0 Å². The first-order valence-corrected chi connectivity index (χ1v) is 6.02. The van der Waals surface area contributed by atoms with E-state index in [1.54, 1.807) is 6.92 Å². The van der Waals surface area contributed by atoms with Gasteiger partial charge in [0.2, 0.25) is 0 Å². The number of methoxy groups -OCH3 is 2. The summed E-state index contributed by atoms with van der Waals surface area (Å²) in [7, 11) is 2.54. The quantitative estimate of drug-likeness (QED) is 0.770. The van der Waals surface area contributed by atoms with Crippen LogP contribution < -0.4 is 4.90 Å². The highest BCUT2D eigenvalue weighted by molar-refractivity contribution is 5.95. The number of hydrogen-bond acceptors (Lipinski definition) is 6. The summed E-state index contributed by atoms with van der Waals surface area (Å²) in [6.07, 6.45) is -0.638. The molecule has 0 saturated heterocycles. The van der Waals surface area contributed by atoms with Gasteiger partial charge in [0.15, 0.2) is 5.69 Å². The Hall–Kier alpha value is -2.05. The van der Waals surface area contributed by atoms with Crippen LogP contribution in [-0.4, -0.2) is 49.2 Å². The topological polar surface area (TPSA) is 73.7 Å². The molecule has 0 unspecified atom stereocenters. The highest BCUT2D eigenvalue weighted by atomic mass is 16.5. The fourth-order valence-electron chi connectivity index (χ4n) is 1.91. The molecular weight excluding hydrogens is 250 g/mol. The van der Waals surface area contributed by atoms with Crippen LogP contribution in [0.25, 0.3) is 0 Å². The minimum atomic E-state index is -0.638. The van der Waals surface area contributed by atoms with Gasteiger partial charge in [-0.1, -0.05) is 0 Å². The van der Waals surface area contributed by atoms with Crippen LogP contribution in [0.2, 0.25) is 0 Å². The first kappa shape index (κ1) is 15.0. The van der Waals surface area contributed by atoms with Crippen molar-refractivity contribution >= 4 is 17.7 Å². The maximum Gasteiger partial charge on any atom is 0.434 e. The largest absolute Gasteiger partial charge is 0.464 e. The van der Waals surface area contributed by atoms with Gasteiger partial charge in [-0.05, 0) is 20.8 Å². The Balaban J connectivity index is 3.43. The number of carbonyl (C=O) groups is 2. The Kier molecular flexibility index (Phi) is 4.91. The van der Waals surface area contributed by atoms with Crippen LogP contribution in [0.15, 0.2) is 0 Å². The van der Waals surface area contributed by atoms with Crippen LogP contribution >= 0.6 is 0 Å². The van der Waals surface area contributed by atoms with Gasteiger partial charge in [0.1, 0.15) is 0 Å². The number of anilines is 1. The molecule has 0 aliphatic heterocycles. The number of nitrogens with zero attached hydrogens (tertiary/aromatic N) is 3. The van der Waals surface area contributed by atoms with E-state index in [2.05, 4.69) is 9.84 Å². The average Bonchev–Trinajstić information content (AvgIpc) is 2.77. The molecule has 0 spiro atoms. The third-order valence-corrected chi connectivity index (χ3v) is 2.89. The van der Waals surface area contributed by atoms with E-state index in [-0.39, 0.29) is 5.69 Å². The zero-order valence-corrected chi connectivity index (χ0v) is 11.9. The Morgan fingerprint density at radius 2 is 1.79 bits per heavy atom. The molecule has 1 aromatic rings. The summed E-state index contributed by atoms with van der Waals surface area (Å²) < 4.78 is 10.4. The molecule has 0 radical (unpaired) electrons. The molecule has 1 rings (SSSR count). The zero-order chi connectivity index (χ0) is 14.6. The van der Waals surface area contributed by atoms with Gasteiger partial charge in [0, 0.05) is 13.1 Å². The molecule has 19 heavy (non-hydrogen) atoms. The van der Waals surface area contributed by atoms with Gasteiger partial charge >= 0.3 is 12.1 Å². The molecule has 7 heteroatoms. The van der Waals surface area contributed by atoms with Crippen molar-refractivity contribution in [3.05, 3.63) is 11.4 Å². The van der Waals surface area contributed by atoms with E-state index in [4.69, 9.17) is 4.74 Å². The predicted molar refractivity (Wildman–Crippen MR) is 69.7 cm³/mol. The number of aromatic nitrogens is 2. The maximum absolute atomic E-state index is 11.8. The Morgan fingerprint density at radius 3 is 2.21 bits per heavy atom. The SMILES string of the molecule is CCN(CC)c1c(C(=O)OC)nn(C(=O)OC)c1C. The lowest BCUT2D eigenvalue weighted by atomic mass is 10.2. The molecule has 7 nitrogen and oxygen atoms in total. The van der Waals surface area contributed by atoms with Crippen LogP contribution in [0.4, 0.5) is 10.5 Å². The summed E-state index contributed by atoms with van der Waals surface area (Å²) in [6.45, 7) is 7.01. The molecule has 0 N–H and O–H groups in total. The van der Waals surface area contributed by atoms with Crippen molar-refractivity contribution in [3.8, 4) is 0 Å². The zero-order valence-electron chi connectivity index (χ0n) is 11.9. The number of esters is 1. The van der Waals surface area contributed by atoms with Crippen LogP contribution in [0.3, 0.4) is 0 Å². The second-order valence-electron chi connectivity index (χ2n) is 3.83. The van der Waals surface area contributed by atoms with Crippen LogP contribution in [0.1, 0.15) is 30.0 Å². The van der Waals surface area contributed by atoms with Gasteiger partial charge in [0.05, 0.1) is 25.6 Å². The van der Waals surface area contributed by atoms with E-state index in [9.17, 15) is 9.59 Å². The van der Waals surface area contributed by atoms with Crippen molar-refractivity contribution < 1.29 is 19.1 Å². The van der Waals surface area contributed by atoms with E-state index in [0.717, 1.165) is 4.68 Å². The summed E-state index contributed by atoms with van der Waals surface area (Å²) in [4.78, 5) is 25.3. The van der Waals surface area contributed by atoms with Crippen molar-refractivity contribution in [1.82, 2.24) is 9.78 Å².